The zero-order chi connectivity index (χ0) is 18.7. The average Bonchev–Trinajstić information content (AvgIpc) is 3.40. The normalized spacial score (nSPS) is 20.3. The van der Waals surface area contributed by atoms with Crippen LogP contribution in [0.2, 0.25) is 0 Å². The van der Waals surface area contributed by atoms with Gasteiger partial charge in [-0.2, -0.15) is 0 Å². The number of ether oxygens (including phenoxy) is 2. The minimum atomic E-state index is -0.290. The van der Waals surface area contributed by atoms with Gasteiger partial charge >= 0.3 is 0 Å². The van der Waals surface area contributed by atoms with Gasteiger partial charge in [0.25, 0.3) is 0 Å². The third kappa shape index (κ3) is 3.80. The van der Waals surface area contributed by atoms with Crippen molar-refractivity contribution in [1.82, 2.24) is 4.90 Å². The quantitative estimate of drug-likeness (QED) is 0.743. The first-order valence-electron chi connectivity index (χ1n) is 9.83. The molecule has 2 fully saturated rings. The molecule has 1 aliphatic carbocycles. The molecule has 2 aromatic rings. The smallest absolute Gasteiger partial charge is 0.233 e. The molecule has 4 heteroatoms. The Hall–Kier alpha value is -2.49. The Kier molecular flexibility index (Phi) is 5.06. The van der Waals surface area contributed by atoms with Gasteiger partial charge in [-0.15, -0.1) is 0 Å². The molecular formula is C23H27NO3. The molecule has 0 radical (unpaired) electrons. The van der Waals surface area contributed by atoms with Crippen LogP contribution in [0.15, 0.2) is 54.6 Å². The van der Waals surface area contributed by atoms with Gasteiger partial charge in [0, 0.05) is 13.1 Å². The summed E-state index contributed by atoms with van der Waals surface area (Å²) in [7, 11) is 1.67. The van der Waals surface area contributed by atoms with Crippen LogP contribution in [-0.2, 0) is 10.2 Å². The highest BCUT2D eigenvalue weighted by atomic mass is 16.5. The first-order valence-corrected chi connectivity index (χ1v) is 9.83. The summed E-state index contributed by atoms with van der Waals surface area (Å²) in [5, 5.41) is 0. The van der Waals surface area contributed by atoms with Crippen LogP contribution in [0.3, 0.4) is 0 Å². The summed E-state index contributed by atoms with van der Waals surface area (Å²) >= 11 is 0. The summed E-state index contributed by atoms with van der Waals surface area (Å²) in [5.41, 5.74) is 0.839. The van der Waals surface area contributed by atoms with E-state index in [4.69, 9.17) is 9.47 Å². The highest BCUT2D eigenvalue weighted by Gasteiger charge is 2.53. The van der Waals surface area contributed by atoms with Crippen molar-refractivity contribution in [3.63, 3.8) is 0 Å². The molecule has 4 nitrogen and oxygen atoms in total. The Labute approximate surface area is 161 Å². The Bertz CT molecular complexity index is 768. The number of carbonyl (C=O) groups excluding carboxylic acids is 1. The number of hydrogen-bond acceptors (Lipinski definition) is 3. The molecular weight excluding hydrogens is 338 g/mol. The van der Waals surface area contributed by atoms with Crippen molar-refractivity contribution in [2.75, 3.05) is 26.8 Å². The van der Waals surface area contributed by atoms with Crippen molar-refractivity contribution < 1.29 is 14.3 Å². The first-order chi connectivity index (χ1) is 13.2. The number of rotatable bonds is 7. The molecule has 1 saturated heterocycles. The van der Waals surface area contributed by atoms with Gasteiger partial charge in [-0.05, 0) is 61.4 Å². The molecule has 0 aromatic heterocycles. The van der Waals surface area contributed by atoms with Gasteiger partial charge < -0.3 is 14.4 Å². The van der Waals surface area contributed by atoms with Gasteiger partial charge in [0.05, 0.1) is 19.1 Å². The highest BCUT2D eigenvalue weighted by molar-refractivity contribution is 5.91. The lowest BCUT2D eigenvalue weighted by molar-refractivity contribution is -0.133. The zero-order valence-corrected chi connectivity index (χ0v) is 15.9. The number of carbonyl (C=O) groups is 1. The van der Waals surface area contributed by atoms with E-state index >= 15 is 0 Å². The lowest BCUT2D eigenvalue weighted by Gasteiger charge is -2.24. The number of para-hydroxylation sites is 1. The van der Waals surface area contributed by atoms with E-state index in [1.165, 1.54) is 0 Å². The van der Waals surface area contributed by atoms with Crippen LogP contribution in [-0.4, -0.2) is 37.6 Å². The third-order valence-electron chi connectivity index (χ3n) is 5.91. The molecule has 142 valence electrons. The second-order valence-electron chi connectivity index (χ2n) is 7.67. The molecule has 2 aliphatic rings. The summed E-state index contributed by atoms with van der Waals surface area (Å²) in [5.74, 6) is 2.59. The zero-order valence-electron chi connectivity index (χ0n) is 15.9. The Balaban J connectivity index is 1.31. The molecule has 1 heterocycles. The fourth-order valence-electron chi connectivity index (χ4n) is 4.08. The van der Waals surface area contributed by atoms with Crippen LogP contribution in [0, 0.1) is 5.92 Å². The van der Waals surface area contributed by atoms with Gasteiger partial charge in [0.2, 0.25) is 5.91 Å². The summed E-state index contributed by atoms with van der Waals surface area (Å²) in [6.45, 7) is 2.43. The molecule has 2 aromatic carbocycles. The number of amides is 1. The highest BCUT2D eigenvalue weighted by Crippen LogP contribution is 2.50. The molecule has 0 bridgehead atoms. The maximum Gasteiger partial charge on any atom is 0.233 e. The summed E-state index contributed by atoms with van der Waals surface area (Å²) in [4.78, 5) is 15.3. The minimum Gasteiger partial charge on any atom is -0.497 e. The van der Waals surface area contributed by atoms with E-state index in [-0.39, 0.29) is 5.41 Å². The van der Waals surface area contributed by atoms with E-state index < -0.39 is 0 Å². The number of benzene rings is 2. The van der Waals surface area contributed by atoms with Crippen LogP contribution in [0.5, 0.6) is 11.5 Å². The molecule has 1 atom stereocenters. The fourth-order valence-corrected chi connectivity index (χ4v) is 4.08. The van der Waals surface area contributed by atoms with Crippen molar-refractivity contribution in [3.05, 3.63) is 60.2 Å². The van der Waals surface area contributed by atoms with Crippen LogP contribution < -0.4 is 9.47 Å². The van der Waals surface area contributed by atoms with Crippen LogP contribution in [0.25, 0.3) is 0 Å². The van der Waals surface area contributed by atoms with Crippen LogP contribution in [0.4, 0.5) is 0 Å². The van der Waals surface area contributed by atoms with Crippen molar-refractivity contribution in [2.45, 2.75) is 31.1 Å². The molecule has 4 rings (SSSR count). The topological polar surface area (TPSA) is 38.8 Å². The van der Waals surface area contributed by atoms with Gasteiger partial charge in [0.15, 0.2) is 0 Å². The second kappa shape index (κ2) is 7.63. The summed E-state index contributed by atoms with van der Waals surface area (Å²) < 4.78 is 11.1. The number of methoxy groups -OCH3 is 1. The fraction of sp³-hybridized carbons (Fsp3) is 0.435. The molecule has 1 unspecified atom stereocenters. The first kappa shape index (κ1) is 17.9. The number of likely N-dealkylation sites (tertiary alicyclic amines) is 1. The summed E-state index contributed by atoms with van der Waals surface area (Å²) in [6, 6.07) is 17.9. The predicted molar refractivity (Wildman–Crippen MR) is 105 cm³/mol. The monoisotopic (exact) mass is 365 g/mol. The Morgan fingerprint density at radius 1 is 1.07 bits per heavy atom. The molecule has 0 N–H and O–H groups in total. The third-order valence-corrected chi connectivity index (χ3v) is 5.91. The van der Waals surface area contributed by atoms with Gasteiger partial charge in [0.1, 0.15) is 11.5 Å². The van der Waals surface area contributed by atoms with E-state index in [9.17, 15) is 4.79 Å². The van der Waals surface area contributed by atoms with Crippen molar-refractivity contribution in [3.8, 4) is 11.5 Å². The van der Waals surface area contributed by atoms with E-state index in [0.29, 0.717) is 18.4 Å². The van der Waals surface area contributed by atoms with Crippen molar-refractivity contribution in [1.29, 1.82) is 0 Å². The van der Waals surface area contributed by atoms with Crippen molar-refractivity contribution >= 4 is 5.91 Å². The van der Waals surface area contributed by atoms with Gasteiger partial charge in [-0.3, -0.25) is 4.79 Å². The molecule has 1 aliphatic heterocycles. The molecule has 1 amide bonds. The molecule has 1 saturated carbocycles. The van der Waals surface area contributed by atoms with Gasteiger partial charge in [-0.25, -0.2) is 0 Å². The minimum absolute atomic E-state index is 0.290. The predicted octanol–water partition coefficient (Wildman–Crippen LogP) is 4.04. The van der Waals surface area contributed by atoms with Crippen molar-refractivity contribution in [2.24, 2.45) is 5.92 Å². The summed E-state index contributed by atoms with van der Waals surface area (Å²) in [6.07, 6.45) is 3.98. The van der Waals surface area contributed by atoms with Gasteiger partial charge in [-0.1, -0.05) is 30.3 Å². The second-order valence-corrected chi connectivity index (χ2v) is 7.67. The van der Waals surface area contributed by atoms with E-state index in [1.54, 1.807) is 7.11 Å². The molecule has 27 heavy (non-hydrogen) atoms. The van der Waals surface area contributed by atoms with Crippen LogP contribution in [0.1, 0.15) is 31.2 Å². The standard InChI is InChI=1S/C23H27NO3/c1-26-20-9-7-19(8-10-20)23(13-14-23)22(25)24-15-11-18(17-24)12-16-27-21-5-3-2-4-6-21/h2-10,18H,11-17H2,1H3. The average molecular weight is 365 g/mol. The SMILES string of the molecule is COc1ccc(C2(C(=O)N3CCC(CCOc4ccccc4)C3)CC2)cc1. The van der Waals surface area contributed by atoms with E-state index in [0.717, 1.165) is 55.8 Å². The van der Waals surface area contributed by atoms with E-state index in [2.05, 4.69) is 4.90 Å². The maximum atomic E-state index is 13.2. The Morgan fingerprint density at radius 2 is 1.81 bits per heavy atom. The van der Waals surface area contributed by atoms with E-state index in [1.807, 2.05) is 54.6 Å². The maximum absolute atomic E-state index is 13.2. The number of nitrogens with zero attached hydrogens (tertiary/aromatic N) is 1. The van der Waals surface area contributed by atoms with Crippen LogP contribution >= 0.6 is 0 Å². The lowest BCUT2D eigenvalue weighted by Crippen LogP contribution is -2.37. The lowest BCUT2D eigenvalue weighted by atomic mass is 9.94. The Morgan fingerprint density at radius 3 is 2.48 bits per heavy atom. The largest absolute Gasteiger partial charge is 0.497 e. The number of hydrogen-bond donors (Lipinski definition) is 0. The molecule has 0 spiro atoms.